The lowest BCUT2D eigenvalue weighted by Gasteiger charge is -2.14. The summed E-state index contributed by atoms with van der Waals surface area (Å²) in [5.74, 6) is 0.705. The Labute approximate surface area is 168 Å². The first-order valence-corrected chi connectivity index (χ1v) is 9.98. The van der Waals surface area contributed by atoms with Crippen LogP contribution in [-0.4, -0.2) is 25.9 Å². The lowest BCUT2D eigenvalue weighted by atomic mass is 10.2. The van der Waals surface area contributed by atoms with Gasteiger partial charge in [0.05, 0.1) is 5.25 Å². The van der Waals surface area contributed by atoms with Crippen LogP contribution < -0.4 is 5.32 Å². The highest BCUT2D eigenvalue weighted by Gasteiger charge is 2.21. The molecule has 0 saturated carbocycles. The van der Waals surface area contributed by atoms with E-state index in [1.54, 1.807) is 6.07 Å². The zero-order valence-electron chi connectivity index (χ0n) is 15.4. The fourth-order valence-corrected chi connectivity index (χ4v) is 3.74. The summed E-state index contributed by atoms with van der Waals surface area (Å²) >= 11 is 7.52. The Morgan fingerprint density at radius 3 is 2.63 bits per heavy atom. The van der Waals surface area contributed by atoms with Crippen molar-refractivity contribution in [2.75, 3.05) is 5.32 Å². The van der Waals surface area contributed by atoms with E-state index in [9.17, 15) is 4.79 Å². The van der Waals surface area contributed by atoms with Crippen molar-refractivity contribution in [1.29, 1.82) is 0 Å². The first-order valence-electron chi connectivity index (χ1n) is 8.72. The summed E-state index contributed by atoms with van der Waals surface area (Å²) in [6, 6.07) is 15.4. The summed E-state index contributed by atoms with van der Waals surface area (Å²) in [5.41, 5.74) is 2.58. The van der Waals surface area contributed by atoms with Gasteiger partial charge in [0.1, 0.15) is 0 Å². The number of benzene rings is 2. The third-order valence-corrected chi connectivity index (χ3v) is 5.73. The van der Waals surface area contributed by atoms with Crippen molar-refractivity contribution in [2.24, 2.45) is 0 Å². The van der Waals surface area contributed by atoms with Crippen molar-refractivity contribution in [3.63, 3.8) is 0 Å². The first kappa shape index (κ1) is 19.5. The number of anilines is 1. The summed E-state index contributed by atoms with van der Waals surface area (Å²) in [7, 11) is 0. The van der Waals surface area contributed by atoms with Crippen molar-refractivity contribution in [2.45, 2.75) is 37.7 Å². The summed E-state index contributed by atoms with van der Waals surface area (Å²) in [4.78, 5) is 12.6. The van der Waals surface area contributed by atoms with Crippen molar-refractivity contribution in [3.8, 4) is 11.4 Å². The van der Waals surface area contributed by atoms with Gasteiger partial charge in [0.2, 0.25) is 5.91 Å². The SMILES string of the molecule is CCn1c(S[C@H](C)C(=O)Nc2cccc(Cl)c2C)nnc1-c1ccccc1. The number of hydrogen-bond donors (Lipinski definition) is 1. The largest absolute Gasteiger partial charge is 0.325 e. The van der Waals surface area contributed by atoms with Crippen LogP contribution >= 0.6 is 23.4 Å². The molecule has 0 radical (unpaired) electrons. The number of carbonyl (C=O) groups excluding carboxylic acids is 1. The highest BCUT2D eigenvalue weighted by molar-refractivity contribution is 8.00. The number of rotatable bonds is 6. The number of aromatic nitrogens is 3. The number of hydrogen-bond acceptors (Lipinski definition) is 4. The predicted octanol–water partition coefficient (Wildman–Crippen LogP) is 5.05. The van der Waals surface area contributed by atoms with Gasteiger partial charge in [0.15, 0.2) is 11.0 Å². The van der Waals surface area contributed by atoms with Crippen LogP contribution in [0.1, 0.15) is 19.4 Å². The third kappa shape index (κ3) is 4.34. The van der Waals surface area contributed by atoms with E-state index in [2.05, 4.69) is 15.5 Å². The van der Waals surface area contributed by atoms with Gasteiger partial charge in [-0.05, 0) is 38.5 Å². The maximum atomic E-state index is 12.6. The predicted molar refractivity (Wildman–Crippen MR) is 111 cm³/mol. The number of amides is 1. The van der Waals surface area contributed by atoms with Gasteiger partial charge in [-0.2, -0.15) is 0 Å². The fraction of sp³-hybridized carbons (Fsp3) is 0.250. The molecule has 2 aromatic carbocycles. The zero-order chi connectivity index (χ0) is 19.4. The zero-order valence-corrected chi connectivity index (χ0v) is 17.0. The average Bonchev–Trinajstić information content (AvgIpc) is 3.08. The Morgan fingerprint density at radius 1 is 1.19 bits per heavy atom. The second kappa shape index (κ2) is 8.59. The van der Waals surface area contributed by atoms with E-state index in [1.807, 2.05) is 67.8 Å². The van der Waals surface area contributed by atoms with Gasteiger partial charge < -0.3 is 9.88 Å². The average molecular weight is 401 g/mol. The molecular formula is C20H21ClN4OS. The molecule has 0 fully saturated rings. The monoisotopic (exact) mass is 400 g/mol. The Balaban J connectivity index is 1.76. The summed E-state index contributed by atoms with van der Waals surface area (Å²) < 4.78 is 2.02. The Hall–Kier alpha value is -2.31. The minimum atomic E-state index is -0.332. The number of nitrogens with zero attached hydrogens (tertiary/aromatic N) is 3. The molecule has 5 nitrogen and oxygen atoms in total. The van der Waals surface area contributed by atoms with E-state index >= 15 is 0 Å². The maximum Gasteiger partial charge on any atom is 0.237 e. The van der Waals surface area contributed by atoms with Crippen molar-refractivity contribution in [1.82, 2.24) is 14.8 Å². The van der Waals surface area contributed by atoms with Crippen molar-refractivity contribution >= 4 is 35.0 Å². The second-order valence-electron chi connectivity index (χ2n) is 6.08. The van der Waals surface area contributed by atoms with E-state index in [0.717, 1.165) is 34.3 Å². The van der Waals surface area contributed by atoms with Gasteiger partial charge in [-0.3, -0.25) is 4.79 Å². The van der Waals surface area contributed by atoms with Gasteiger partial charge >= 0.3 is 0 Å². The van der Waals surface area contributed by atoms with Crippen molar-refractivity contribution < 1.29 is 4.79 Å². The molecule has 7 heteroatoms. The molecule has 1 amide bonds. The van der Waals surface area contributed by atoms with E-state index in [-0.39, 0.29) is 11.2 Å². The fourth-order valence-electron chi connectivity index (χ4n) is 2.65. The van der Waals surface area contributed by atoms with Gasteiger partial charge in [0, 0.05) is 22.8 Å². The summed E-state index contributed by atoms with van der Waals surface area (Å²) in [5, 5.41) is 12.6. The quantitative estimate of drug-likeness (QED) is 0.588. The smallest absolute Gasteiger partial charge is 0.237 e. The Morgan fingerprint density at radius 2 is 1.93 bits per heavy atom. The molecule has 0 aliphatic carbocycles. The van der Waals surface area contributed by atoms with Crippen LogP contribution in [0.3, 0.4) is 0 Å². The van der Waals surface area contributed by atoms with Crippen LogP contribution in [0.4, 0.5) is 5.69 Å². The molecule has 3 aromatic rings. The van der Waals surface area contributed by atoms with E-state index in [0.29, 0.717) is 5.02 Å². The molecule has 0 aliphatic heterocycles. The normalized spacial score (nSPS) is 12.0. The highest BCUT2D eigenvalue weighted by Crippen LogP contribution is 2.28. The molecule has 1 heterocycles. The molecule has 0 saturated heterocycles. The summed E-state index contributed by atoms with van der Waals surface area (Å²) in [6.45, 7) is 6.51. The molecule has 0 spiro atoms. The third-order valence-electron chi connectivity index (χ3n) is 4.24. The molecule has 0 unspecified atom stereocenters. The van der Waals surface area contributed by atoms with Gasteiger partial charge in [-0.1, -0.05) is 59.8 Å². The van der Waals surface area contributed by atoms with E-state index < -0.39 is 0 Å². The van der Waals surface area contributed by atoms with Crippen molar-refractivity contribution in [3.05, 3.63) is 59.1 Å². The number of carbonyl (C=O) groups is 1. The standard InChI is InChI=1S/C20H21ClN4OS/c1-4-25-18(15-9-6-5-7-10-15)23-24-20(25)27-14(3)19(26)22-17-12-8-11-16(21)13(17)2/h5-12,14H,4H2,1-3H3,(H,22,26)/t14-/m1/s1. The lowest BCUT2D eigenvalue weighted by Crippen LogP contribution is -2.23. The minimum absolute atomic E-state index is 0.0997. The molecule has 0 aliphatic rings. The molecule has 1 aromatic heterocycles. The molecule has 140 valence electrons. The molecule has 3 rings (SSSR count). The first-order chi connectivity index (χ1) is 13.0. The van der Waals surface area contributed by atoms with E-state index in [4.69, 9.17) is 11.6 Å². The Kier molecular flexibility index (Phi) is 6.19. The molecular weight excluding hydrogens is 380 g/mol. The number of thioether (sulfide) groups is 1. The van der Waals surface area contributed by atoms with Crippen LogP contribution in [0, 0.1) is 6.92 Å². The molecule has 1 atom stereocenters. The van der Waals surface area contributed by atoms with Crippen LogP contribution in [0.5, 0.6) is 0 Å². The van der Waals surface area contributed by atoms with Gasteiger partial charge in [0.25, 0.3) is 0 Å². The van der Waals surface area contributed by atoms with Crippen LogP contribution in [0.25, 0.3) is 11.4 Å². The number of halogens is 1. The van der Waals surface area contributed by atoms with Crippen LogP contribution in [0.2, 0.25) is 5.02 Å². The summed E-state index contributed by atoms with van der Waals surface area (Å²) in [6.07, 6.45) is 0. The second-order valence-corrected chi connectivity index (χ2v) is 7.79. The van der Waals surface area contributed by atoms with Crippen LogP contribution in [0.15, 0.2) is 53.7 Å². The van der Waals surface area contributed by atoms with Crippen LogP contribution in [-0.2, 0) is 11.3 Å². The lowest BCUT2D eigenvalue weighted by molar-refractivity contribution is -0.115. The Bertz CT molecular complexity index is 942. The van der Waals surface area contributed by atoms with Gasteiger partial charge in [-0.25, -0.2) is 0 Å². The minimum Gasteiger partial charge on any atom is -0.325 e. The molecule has 0 bridgehead atoms. The topological polar surface area (TPSA) is 59.8 Å². The molecule has 1 N–H and O–H groups in total. The van der Waals surface area contributed by atoms with Gasteiger partial charge in [-0.15, -0.1) is 10.2 Å². The maximum absolute atomic E-state index is 12.6. The van der Waals surface area contributed by atoms with E-state index in [1.165, 1.54) is 11.8 Å². The molecule has 27 heavy (non-hydrogen) atoms. The number of nitrogens with one attached hydrogen (secondary N) is 1. The highest BCUT2D eigenvalue weighted by atomic mass is 35.5.